The van der Waals surface area contributed by atoms with E-state index in [1.807, 2.05) is 24.1 Å². The molecule has 3 rings (SSSR count). The predicted molar refractivity (Wildman–Crippen MR) is 93.7 cm³/mol. The summed E-state index contributed by atoms with van der Waals surface area (Å²) in [6.07, 6.45) is 6.41. The van der Waals surface area contributed by atoms with Gasteiger partial charge in [-0.1, -0.05) is 30.3 Å². The Morgan fingerprint density at radius 1 is 1.26 bits per heavy atom. The maximum Gasteiger partial charge on any atom is 0.191 e. The summed E-state index contributed by atoms with van der Waals surface area (Å²) in [5, 5.41) is 11.1. The van der Waals surface area contributed by atoms with Crippen LogP contribution in [0, 0.1) is 6.92 Å². The van der Waals surface area contributed by atoms with Gasteiger partial charge in [-0.15, -0.1) is 0 Å². The van der Waals surface area contributed by atoms with E-state index in [0.717, 1.165) is 25.6 Å². The lowest BCUT2D eigenvalue weighted by atomic mass is 9.96. The number of aryl methyl sites for hydroxylation is 1. The van der Waals surface area contributed by atoms with Gasteiger partial charge in [0.25, 0.3) is 0 Å². The topological polar surface area (TPSA) is 54.2 Å². The summed E-state index contributed by atoms with van der Waals surface area (Å²) in [6.45, 7) is 4.62. The molecule has 0 spiro atoms. The average Bonchev–Trinajstić information content (AvgIpc) is 3.27. The molecule has 1 aliphatic carbocycles. The van der Waals surface area contributed by atoms with Crippen LogP contribution in [0.15, 0.2) is 47.7 Å². The second kappa shape index (κ2) is 6.86. The van der Waals surface area contributed by atoms with Gasteiger partial charge in [0.15, 0.2) is 5.96 Å². The van der Waals surface area contributed by atoms with Gasteiger partial charge in [-0.25, -0.2) is 0 Å². The van der Waals surface area contributed by atoms with Gasteiger partial charge < -0.3 is 10.6 Å². The number of aliphatic imine (C=N–C) groups is 1. The summed E-state index contributed by atoms with van der Waals surface area (Å²) in [6, 6.07) is 10.8. The molecule has 0 radical (unpaired) electrons. The lowest BCUT2D eigenvalue weighted by molar-refractivity contribution is 0.590. The molecule has 122 valence electrons. The largest absolute Gasteiger partial charge is 0.356 e. The van der Waals surface area contributed by atoms with Crippen molar-refractivity contribution in [3.63, 3.8) is 0 Å². The molecule has 1 aromatic heterocycles. The molecule has 2 N–H and O–H groups in total. The number of aromatic nitrogens is 2. The fraction of sp³-hybridized carbons (Fsp3) is 0.444. The molecule has 2 aromatic rings. The standard InChI is InChI=1S/C18H25N5/c1-15-12-22-23(13-15)11-10-20-17(19-2)21-14-18(8-9-18)16-6-4-3-5-7-16/h3-7,12-13H,8-11,14H2,1-2H3,(H2,19,20,21). The van der Waals surface area contributed by atoms with Crippen molar-refractivity contribution in [2.75, 3.05) is 20.1 Å². The molecule has 0 bridgehead atoms. The Hall–Kier alpha value is -2.30. The van der Waals surface area contributed by atoms with Crippen LogP contribution in [0.3, 0.4) is 0 Å². The maximum absolute atomic E-state index is 4.31. The highest BCUT2D eigenvalue weighted by Crippen LogP contribution is 2.47. The fourth-order valence-electron chi connectivity index (χ4n) is 2.86. The summed E-state index contributed by atoms with van der Waals surface area (Å²) in [5.41, 5.74) is 2.90. The van der Waals surface area contributed by atoms with Crippen LogP contribution in [0.1, 0.15) is 24.0 Å². The summed E-state index contributed by atoms with van der Waals surface area (Å²) in [7, 11) is 1.81. The van der Waals surface area contributed by atoms with Crippen molar-refractivity contribution >= 4 is 5.96 Å². The smallest absolute Gasteiger partial charge is 0.191 e. The highest BCUT2D eigenvalue weighted by Gasteiger charge is 2.43. The molecule has 0 atom stereocenters. The molecule has 0 saturated heterocycles. The number of guanidine groups is 1. The van der Waals surface area contributed by atoms with Crippen molar-refractivity contribution in [2.24, 2.45) is 4.99 Å². The van der Waals surface area contributed by atoms with Crippen molar-refractivity contribution in [3.8, 4) is 0 Å². The third kappa shape index (κ3) is 3.92. The van der Waals surface area contributed by atoms with E-state index in [2.05, 4.69) is 58.0 Å². The first-order valence-electron chi connectivity index (χ1n) is 8.21. The summed E-state index contributed by atoms with van der Waals surface area (Å²) in [4.78, 5) is 4.31. The van der Waals surface area contributed by atoms with Crippen LogP contribution in [0.25, 0.3) is 0 Å². The zero-order valence-electron chi connectivity index (χ0n) is 13.9. The molecular formula is C18H25N5. The predicted octanol–water partition coefficient (Wildman–Crippen LogP) is 2.09. The fourth-order valence-corrected chi connectivity index (χ4v) is 2.86. The van der Waals surface area contributed by atoms with Gasteiger partial charge in [0.1, 0.15) is 0 Å². The van der Waals surface area contributed by atoms with Gasteiger partial charge in [0.2, 0.25) is 0 Å². The van der Waals surface area contributed by atoms with Crippen molar-refractivity contribution in [2.45, 2.75) is 31.7 Å². The minimum atomic E-state index is 0.290. The van der Waals surface area contributed by atoms with Gasteiger partial charge in [-0.05, 0) is 30.9 Å². The Labute approximate surface area is 137 Å². The van der Waals surface area contributed by atoms with E-state index in [-0.39, 0.29) is 5.41 Å². The highest BCUT2D eigenvalue weighted by atomic mass is 15.3. The van der Waals surface area contributed by atoms with Crippen molar-refractivity contribution in [1.29, 1.82) is 0 Å². The van der Waals surface area contributed by atoms with Crippen LogP contribution in [0.2, 0.25) is 0 Å². The number of benzene rings is 1. The number of rotatable bonds is 6. The third-order valence-corrected chi connectivity index (χ3v) is 4.45. The zero-order valence-corrected chi connectivity index (χ0v) is 13.9. The lowest BCUT2D eigenvalue weighted by Gasteiger charge is -2.19. The Morgan fingerprint density at radius 3 is 2.65 bits per heavy atom. The van der Waals surface area contributed by atoms with Gasteiger partial charge in [-0.2, -0.15) is 5.10 Å². The summed E-state index contributed by atoms with van der Waals surface area (Å²) >= 11 is 0. The highest BCUT2D eigenvalue weighted by molar-refractivity contribution is 5.79. The van der Waals surface area contributed by atoms with Crippen molar-refractivity contribution in [3.05, 3.63) is 53.9 Å². The van der Waals surface area contributed by atoms with Crippen molar-refractivity contribution < 1.29 is 0 Å². The first-order valence-corrected chi connectivity index (χ1v) is 8.21. The number of nitrogens with zero attached hydrogens (tertiary/aromatic N) is 3. The molecule has 0 amide bonds. The average molecular weight is 311 g/mol. The monoisotopic (exact) mass is 311 g/mol. The van der Waals surface area contributed by atoms with E-state index >= 15 is 0 Å². The third-order valence-electron chi connectivity index (χ3n) is 4.45. The van der Waals surface area contributed by atoms with Crippen LogP contribution in [0.5, 0.6) is 0 Å². The lowest BCUT2D eigenvalue weighted by Crippen LogP contribution is -2.42. The molecule has 5 nitrogen and oxygen atoms in total. The zero-order chi connectivity index (χ0) is 16.1. The first kappa shape index (κ1) is 15.6. The molecule has 0 aliphatic heterocycles. The molecule has 1 aliphatic rings. The van der Waals surface area contributed by atoms with E-state index < -0.39 is 0 Å². The number of hydrogen-bond donors (Lipinski definition) is 2. The summed E-state index contributed by atoms with van der Waals surface area (Å²) in [5.74, 6) is 0.857. The van der Waals surface area contributed by atoms with E-state index in [0.29, 0.717) is 0 Å². The maximum atomic E-state index is 4.31. The van der Waals surface area contributed by atoms with Crippen LogP contribution >= 0.6 is 0 Å². The Balaban J connectivity index is 1.47. The van der Waals surface area contributed by atoms with Gasteiger partial charge in [0.05, 0.1) is 12.7 Å². The molecular weight excluding hydrogens is 286 g/mol. The Kier molecular flexibility index (Phi) is 4.65. The molecule has 1 saturated carbocycles. The Bertz CT molecular complexity index is 655. The molecule has 5 heteroatoms. The van der Waals surface area contributed by atoms with E-state index in [9.17, 15) is 0 Å². The van der Waals surface area contributed by atoms with E-state index in [1.54, 1.807) is 0 Å². The molecule has 0 unspecified atom stereocenters. The Morgan fingerprint density at radius 2 is 2.04 bits per heavy atom. The minimum absolute atomic E-state index is 0.290. The van der Waals surface area contributed by atoms with Crippen LogP contribution in [0.4, 0.5) is 0 Å². The normalized spacial score (nSPS) is 16.2. The molecule has 1 heterocycles. The minimum Gasteiger partial charge on any atom is -0.356 e. The van der Waals surface area contributed by atoms with E-state index in [4.69, 9.17) is 0 Å². The quantitative estimate of drug-likeness (QED) is 0.634. The van der Waals surface area contributed by atoms with Gasteiger partial charge in [0, 0.05) is 31.7 Å². The van der Waals surface area contributed by atoms with Crippen LogP contribution in [-0.2, 0) is 12.0 Å². The van der Waals surface area contributed by atoms with E-state index in [1.165, 1.54) is 24.0 Å². The van der Waals surface area contributed by atoms with Gasteiger partial charge in [-0.3, -0.25) is 9.67 Å². The van der Waals surface area contributed by atoms with Gasteiger partial charge >= 0.3 is 0 Å². The second-order valence-electron chi connectivity index (χ2n) is 6.28. The first-order chi connectivity index (χ1) is 11.2. The molecule has 23 heavy (non-hydrogen) atoms. The van der Waals surface area contributed by atoms with Crippen molar-refractivity contribution in [1.82, 2.24) is 20.4 Å². The molecule has 1 fully saturated rings. The number of hydrogen-bond acceptors (Lipinski definition) is 2. The summed E-state index contributed by atoms with van der Waals surface area (Å²) < 4.78 is 1.95. The second-order valence-corrected chi connectivity index (χ2v) is 6.28. The van der Waals surface area contributed by atoms with Crippen LogP contribution in [-0.4, -0.2) is 35.9 Å². The molecule has 1 aromatic carbocycles. The number of nitrogens with one attached hydrogen (secondary N) is 2. The van der Waals surface area contributed by atoms with Crippen LogP contribution < -0.4 is 10.6 Å². The SMILES string of the molecule is CN=C(NCCn1cc(C)cn1)NCC1(c2ccccc2)CC1.